The Labute approximate surface area is 60.0 Å². The van der Waals surface area contributed by atoms with Gasteiger partial charge in [-0.3, -0.25) is 9.59 Å². The second-order valence-corrected chi connectivity index (χ2v) is 1.74. The Hall–Kier alpha value is -1.06. The zero-order valence-electron chi connectivity index (χ0n) is 6.26. The second-order valence-electron chi connectivity index (χ2n) is 1.74. The molecule has 0 fully saturated rings. The predicted molar refractivity (Wildman–Crippen MR) is 37.4 cm³/mol. The van der Waals surface area contributed by atoms with Crippen molar-refractivity contribution in [2.75, 3.05) is 0 Å². The Balaban J connectivity index is 0. The van der Waals surface area contributed by atoms with Crippen molar-refractivity contribution < 1.29 is 14.7 Å². The molecule has 3 N–H and O–H groups in total. The minimum atomic E-state index is -0.833. The number of nitrogens with two attached hydrogens (primary N) is 1. The number of carboxylic acids is 1. The number of carboxylic acid groups (broad SMARTS) is 1. The molecule has 4 nitrogen and oxygen atoms in total. The maximum Gasteiger partial charge on any atom is 0.300 e. The van der Waals surface area contributed by atoms with Gasteiger partial charge in [-0.05, 0) is 6.42 Å². The van der Waals surface area contributed by atoms with Crippen molar-refractivity contribution in [2.45, 2.75) is 26.7 Å². The number of amides is 1. The summed E-state index contributed by atoms with van der Waals surface area (Å²) in [7, 11) is 0. The molecule has 0 bridgehead atoms. The molecule has 1 amide bonds. The molecule has 0 aliphatic rings. The molecule has 0 radical (unpaired) electrons. The maximum absolute atomic E-state index is 9.82. The third kappa shape index (κ3) is 65.1. The molecule has 0 aromatic carbocycles. The van der Waals surface area contributed by atoms with Crippen LogP contribution in [0.25, 0.3) is 0 Å². The van der Waals surface area contributed by atoms with Crippen LogP contribution in [0.3, 0.4) is 0 Å². The fraction of sp³-hybridized carbons (Fsp3) is 0.667. The average molecular weight is 147 g/mol. The van der Waals surface area contributed by atoms with Crippen molar-refractivity contribution in [2.24, 2.45) is 5.73 Å². The number of primary amides is 1. The van der Waals surface area contributed by atoms with E-state index < -0.39 is 5.97 Å². The highest BCUT2D eigenvalue weighted by molar-refractivity contribution is 5.73. The van der Waals surface area contributed by atoms with Gasteiger partial charge in [0.25, 0.3) is 5.97 Å². The van der Waals surface area contributed by atoms with E-state index in [0.717, 1.165) is 13.3 Å². The number of hydrogen-bond acceptors (Lipinski definition) is 2. The highest BCUT2D eigenvalue weighted by atomic mass is 16.4. The van der Waals surface area contributed by atoms with Crippen molar-refractivity contribution in [1.29, 1.82) is 0 Å². The van der Waals surface area contributed by atoms with Gasteiger partial charge in [0.05, 0.1) is 0 Å². The van der Waals surface area contributed by atoms with Crippen LogP contribution in [0.1, 0.15) is 26.7 Å². The second kappa shape index (κ2) is 7.94. The third-order valence-corrected chi connectivity index (χ3v) is 0.496. The maximum atomic E-state index is 9.82. The van der Waals surface area contributed by atoms with E-state index in [2.05, 4.69) is 0 Å². The molecule has 0 aromatic rings. The first-order valence-corrected chi connectivity index (χ1v) is 2.98. The SMILES string of the molecule is CC(=O)O.CCCC(N)=O. The lowest BCUT2D eigenvalue weighted by Crippen LogP contribution is -2.08. The zero-order valence-corrected chi connectivity index (χ0v) is 6.26. The highest BCUT2D eigenvalue weighted by Gasteiger charge is 1.84. The van der Waals surface area contributed by atoms with Crippen molar-refractivity contribution in [3.8, 4) is 0 Å². The van der Waals surface area contributed by atoms with Gasteiger partial charge in [0.2, 0.25) is 5.91 Å². The van der Waals surface area contributed by atoms with E-state index in [4.69, 9.17) is 15.6 Å². The minimum absolute atomic E-state index is 0.211. The molecular weight excluding hydrogens is 134 g/mol. The molecule has 0 aromatic heterocycles. The topological polar surface area (TPSA) is 80.4 Å². The van der Waals surface area contributed by atoms with E-state index in [0.29, 0.717) is 6.42 Å². The van der Waals surface area contributed by atoms with Crippen LogP contribution >= 0.6 is 0 Å². The number of hydrogen-bond donors (Lipinski definition) is 2. The monoisotopic (exact) mass is 147 g/mol. The molecule has 0 spiro atoms. The summed E-state index contributed by atoms with van der Waals surface area (Å²) in [5.41, 5.74) is 4.76. The van der Waals surface area contributed by atoms with Crippen LogP contribution in [-0.4, -0.2) is 17.0 Å². The number of rotatable bonds is 2. The Bertz CT molecular complexity index is 108. The van der Waals surface area contributed by atoms with Crippen molar-refractivity contribution >= 4 is 11.9 Å². The van der Waals surface area contributed by atoms with E-state index in [1.807, 2.05) is 6.92 Å². The smallest absolute Gasteiger partial charge is 0.300 e. The first-order chi connectivity index (χ1) is 4.50. The molecule has 0 aliphatic carbocycles. The third-order valence-electron chi connectivity index (χ3n) is 0.496. The first-order valence-electron chi connectivity index (χ1n) is 2.98. The average Bonchev–Trinajstić information content (AvgIpc) is 1.62. The molecule has 0 saturated heterocycles. The summed E-state index contributed by atoms with van der Waals surface area (Å²) in [6.07, 6.45) is 1.37. The Morgan fingerprint density at radius 2 is 1.80 bits per heavy atom. The molecule has 10 heavy (non-hydrogen) atoms. The summed E-state index contributed by atoms with van der Waals surface area (Å²) in [5, 5.41) is 7.42. The minimum Gasteiger partial charge on any atom is -0.481 e. The van der Waals surface area contributed by atoms with Gasteiger partial charge in [-0.15, -0.1) is 0 Å². The fourth-order valence-electron chi connectivity index (χ4n) is 0.246. The molecule has 0 heterocycles. The molecule has 0 atom stereocenters. The Morgan fingerprint density at radius 3 is 1.80 bits per heavy atom. The summed E-state index contributed by atoms with van der Waals surface area (Å²) >= 11 is 0. The largest absolute Gasteiger partial charge is 0.481 e. The van der Waals surface area contributed by atoms with Crippen LogP contribution in [0.2, 0.25) is 0 Å². The predicted octanol–water partition coefficient (Wildman–Crippen LogP) is 0.363. The van der Waals surface area contributed by atoms with Crippen LogP contribution < -0.4 is 5.73 Å². The van der Waals surface area contributed by atoms with Crippen molar-refractivity contribution in [1.82, 2.24) is 0 Å². The first kappa shape index (κ1) is 11.7. The van der Waals surface area contributed by atoms with E-state index >= 15 is 0 Å². The number of carbonyl (C=O) groups excluding carboxylic acids is 1. The van der Waals surface area contributed by atoms with E-state index in [-0.39, 0.29) is 5.91 Å². The molecule has 0 aliphatic heterocycles. The Morgan fingerprint density at radius 1 is 1.50 bits per heavy atom. The molecular formula is C6H13NO3. The summed E-state index contributed by atoms with van der Waals surface area (Å²) < 4.78 is 0. The van der Waals surface area contributed by atoms with Crippen molar-refractivity contribution in [3.05, 3.63) is 0 Å². The molecule has 0 unspecified atom stereocenters. The zero-order chi connectivity index (χ0) is 8.57. The number of aliphatic carboxylic acids is 1. The molecule has 0 rings (SSSR count). The van der Waals surface area contributed by atoms with Crippen molar-refractivity contribution in [3.63, 3.8) is 0 Å². The van der Waals surface area contributed by atoms with Gasteiger partial charge in [0.15, 0.2) is 0 Å². The molecule has 4 heteroatoms. The van der Waals surface area contributed by atoms with E-state index in [1.54, 1.807) is 0 Å². The lowest BCUT2D eigenvalue weighted by molar-refractivity contribution is -0.134. The fourth-order valence-corrected chi connectivity index (χ4v) is 0.246. The van der Waals surface area contributed by atoms with Gasteiger partial charge in [-0.25, -0.2) is 0 Å². The standard InChI is InChI=1S/C4H9NO.C2H4O2/c1-2-3-4(5)6;1-2(3)4/h2-3H2,1H3,(H2,5,6);1H3,(H,3,4). The molecule has 60 valence electrons. The number of carbonyl (C=O) groups is 2. The van der Waals surface area contributed by atoms with Gasteiger partial charge < -0.3 is 10.8 Å². The van der Waals surface area contributed by atoms with Gasteiger partial charge in [-0.1, -0.05) is 6.92 Å². The summed E-state index contributed by atoms with van der Waals surface area (Å²) in [6.45, 7) is 3.00. The molecule has 0 saturated carbocycles. The Kier molecular flexibility index (Phi) is 9.29. The van der Waals surface area contributed by atoms with E-state index in [1.165, 1.54) is 0 Å². The lowest BCUT2D eigenvalue weighted by Gasteiger charge is -1.81. The highest BCUT2D eigenvalue weighted by Crippen LogP contribution is 1.79. The normalized spacial score (nSPS) is 7.40. The van der Waals surface area contributed by atoms with Crippen LogP contribution in [-0.2, 0) is 9.59 Å². The van der Waals surface area contributed by atoms with Gasteiger partial charge in [-0.2, -0.15) is 0 Å². The summed E-state index contributed by atoms with van der Waals surface area (Å²) in [5.74, 6) is -1.04. The quantitative estimate of drug-likeness (QED) is 0.591. The summed E-state index contributed by atoms with van der Waals surface area (Å²) in [4.78, 5) is 18.8. The van der Waals surface area contributed by atoms with Crippen LogP contribution in [0, 0.1) is 0 Å². The van der Waals surface area contributed by atoms with Crippen LogP contribution in [0.4, 0.5) is 0 Å². The van der Waals surface area contributed by atoms with Gasteiger partial charge in [0.1, 0.15) is 0 Å². The van der Waals surface area contributed by atoms with E-state index in [9.17, 15) is 4.79 Å². The summed E-state index contributed by atoms with van der Waals surface area (Å²) in [6, 6.07) is 0. The van der Waals surface area contributed by atoms with Crippen LogP contribution in [0.5, 0.6) is 0 Å². The lowest BCUT2D eigenvalue weighted by atomic mass is 10.3. The van der Waals surface area contributed by atoms with Gasteiger partial charge >= 0.3 is 0 Å². The van der Waals surface area contributed by atoms with Gasteiger partial charge in [0, 0.05) is 13.3 Å². The van der Waals surface area contributed by atoms with Crippen LogP contribution in [0.15, 0.2) is 0 Å².